The predicted octanol–water partition coefficient (Wildman–Crippen LogP) is 4.05. The summed E-state index contributed by atoms with van der Waals surface area (Å²) in [6.07, 6.45) is -3.67. The highest BCUT2D eigenvalue weighted by atomic mass is 35.5. The van der Waals surface area contributed by atoms with Gasteiger partial charge in [0.15, 0.2) is 6.29 Å². The zero-order chi connectivity index (χ0) is 41.0. The minimum Gasteiger partial charge on any atom is -0.459 e. The van der Waals surface area contributed by atoms with Crippen molar-refractivity contribution in [3.05, 3.63) is 35.5 Å². The monoisotopic (exact) mass is 794 g/mol. The van der Waals surface area contributed by atoms with Crippen LogP contribution in [0.4, 0.5) is 5.69 Å². The summed E-state index contributed by atoms with van der Waals surface area (Å²) in [7, 11) is 3.80. The van der Waals surface area contributed by atoms with Crippen LogP contribution >= 0.6 is 11.6 Å². The van der Waals surface area contributed by atoms with Crippen molar-refractivity contribution < 1.29 is 44.5 Å². The number of esters is 1. The van der Waals surface area contributed by atoms with Gasteiger partial charge in [-0.25, -0.2) is 0 Å². The quantitative estimate of drug-likeness (QED) is 0.159. The summed E-state index contributed by atoms with van der Waals surface area (Å²) < 4.78 is 18.6. The van der Waals surface area contributed by atoms with Gasteiger partial charge >= 0.3 is 5.97 Å². The van der Waals surface area contributed by atoms with Crippen LogP contribution in [0.2, 0.25) is 5.02 Å². The first-order valence-electron chi connectivity index (χ1n) is 19.9. The number of carbonyl (C=O) groups is 1. The molecule has 13 nitrogen and oxygen atoms in total. The third-order valence-electron chi connectivity index (χ3n) is 12.1. The lowest BCUT2D eigenvalue weighted by atomic mass is 9.78. The summed E-state index contributed by atoms with van der Waals surface area (Å²) >= 11 is 6.16. The van der Waals surface area contributed by atoms with E-state index in [2.05, 4.69) is 15.2 Å². The fourth-order valence-corrected chi connectivity index (χ4v) is 8.82. The molecular formula is C41H67ClN4O9. The molecule has 1 aromatic heterocycles. The number of cyclic esters (lactones) is 1. The number of fused-ring (bicyclic) bond motifs is 1. The zero-order valence-electron chi connectivity index (χ0n) is 34.4. The lowest BCUT2D eigenvalue weighted by molar-refractivity contribution is -0.299. The van der Waals surface area contributed by atoms with E-state index in [9.17, 15) is 30.3 Å². The van der Waals surface area contributed by atoms with Gasteiger partial charge in [0.1, 0.15) is 23.9 Å². The van der Waals surface area contributed by atoms with Crippen LogP contribution in [0.1, 0.15) is 81.1 Å². The minimum absolute atomic E-state index is 0.135. The largest absolute Gasteiger partial charge is 0.459 e. The second-order valence-electron chi connectivity index (χ2n) is 16.9. The normalized spacial score (nSPS) is 39.0. The average Bonchev–Trinajstić information content (AvgIpc) is 3.12. The number of nitrogens with zero attached hydrogens (tertiary/aromatic N) is 3. The lowest BCUT2D eigenvalue weighted by Gasteiger charge is -2.47. The molecule has 1 aromatic carbocycles. The average molecular weight is 795 g/mol. The van der Waals surface area contributed by atoms with Crippen molar-refractivity contribution in [3.63, 3.8) is 0 Å². The van der Waals surface area contributed by atoms with Crippen LogP contribution in [0.5, 0.6) is 0 Å². The zero-order valence-corrected chi connectivity index (χ0v) is 35.1. The molecule has 2 aromatic rings. The van der Waals surface area contributed by atoms with Gasteiger partial charge in [-0.15, -0.1) is 0 Å². The van der Waals surface area contributed by atoms with Gasteiger partial charge in [0.25, 0.3) is 0 Å². The molecule has 0 saturated carbocycles. The van der Waals surface area contributed by atoms with Crippen molar-refractivity contribution in [3.8, 4) is 0 Å². The molecule has 14 atom stereocenters. The van der Waals surface area contributed by atoms with Crippen molar-refractivity contribution in [1.29, 1.82) is 0 Å². The number of rotatable bonds is 9. The Balaban J connectivity index is 1.52. The number of hydrogen-bond donors (Lipinski definition) is 6. The van der Waals surface area contributed by atoms with Crippen LogP contribution in [0.15, 0.2) is 30.5 Å². The van der Waals surface area contributed by atoms with Gasteiger partial charge < -0.3 is 54.9 Å². The summed E-state index contributed by atoms with van der Waals surface area (Å²) in [6, 6.07) is 6.72. The highest BCUT2D eigenvalue weighted by Crippen LogP contribution is 2.37. The number of halogens is 1. The Hall–Kier alpha value is -2.17. The Morgan fingerprint density at radius 2 is 1.78 bits per heavy atom. The standard InChI is InChI=1S/C41H67ClN4O9/c1-11-33-41(8,52)36(49)27(6)46(10)22-23(2)21-40(7,51)37(25(4)34(47)26(5)38(50)54-33)55-39-35(48)32(19-24(3)53-39)45(9)18-12-16-43-30-15-17-44-31-20-28(42)13-14-29(30)31/h13-15,17,20,23-27,32-37,39,47-49,51-52H,11-12,16,18-19,21-22H2,1-10H3,(H,43,44)/t23-,24-,25+,26-,27-,32+,33-,34+,35-,36-,37-,39+,40-,41-/m1/s1. The second-order valence-corrected chi connectivity index (χ2v) is 17.4. The molecule has 14 heteroatoms. The molecule has 0 bridgehead atoms. The van der Waals surface area contributed by atoms with Gasteiger partial charge in [0.2, 0.25) is 0 Å². The van der Waals surface area contributed by atoms with Gasteiger partial charge in [0, 0.05) is 53.4 Å². The SMILES string of the molecule is CC[C@H]1OC(=O)[C@H](C)[C@@H](O)[C@H](C)[C@@H](O[C@@H]2O[C@H](C)C[C@H](N(C)CCCNc3ccnc4cc(Cl)ccc34)[C@H]2O)[C@](C)(O)C[C@@H](C)CN(C)[C@H](C)[C@@H](O)[C@]1(C)O. The number of hydrogen-bond acceptors (Lipinski definition) is 13. The molecule has 3 heterocycles. The number of likely N-dealkylation sites (N-methyl/N-ethyl adjacent to an activating group) is 2. The van der Waals surface area contributed by atoms with E-state index >= 15 is 0 Å². The number of aliphatic hydroxyl groups is 5. The number of pyridine rings is 1. The maximum atomic E-state index is 13.5. The third-order valence-corrected chi connectivity index (χ3v) is 12.3. The van der Waals surface area contributed by atoms with Crippen LogP contribution in [0.25, 0.3) is 10.9 Å². The molecule has 55 heavy (non-hydrogen) atoms. The van der Waals surface area contributed by atoms with Crippen molar-refractivity contribution in [2.75, 3.05) is 39.0 Å². The summed E-state index contributed by atoms with van der Waals surface area (Å²) in [5.41, 5.74) is -1.55. The highest BCUT2D eigenvalue weighted by molar-refractivity contribution is 6.31. The van der Waals surface area contributed by atoms with E-state index < -0.39 is 71.9 Å². The first kappa shape index (κ1) is 45.5. The number of carbonyl (C=O) groups excluding carboxylic acids is 1. The topological polar surface area (TPSA) is 177 Å². The van der Waals surface area contributed by atoms with E-state index in [4.69, 9.17) is 25.8 Å². The summed E-state index contributed by atoms with van der Waals surface area (Å²) in [5, 5.41) is 63.6. The lowest BCUT2D eigenvalue weighted by Crippen LogP contribution is -2.59. The maximum absolute atomic E-state index is 13.5. The van der Waals surface area contributed by atoms with Gasteiger partial charge in [0.05, 0.1) is 35.3 Å². The van der Waals surface area contributed by atoms with Crippen LogP contribution in [-0.2, 0) is 19.0 Å². The minimum atomic E-state index is -1.77. The second kappa shape index (κ2) is 19.1. The van der Waals surface area contributed by atoms with Gasteiger partial charge in [-0.1, -0.05) is 32.4 Å². The Labute approximate surface area is 332 Å². The Morgan fingerprint density at radius 3 is 2.45 bits per heavy atom. The first-order chi connectivity index (χ1) is 25.7. The molecule has 2 aliphatic rings. The van der Waals surface area contributed by atoms with Gasteiger partial charge in [-0.2, -0.15) is 0 Å². The van der Waals surface area contributed by atoms with Crippen molar-refractivity contribution in [2.24, 2.45) is 17.8 Å². The molecule has 312 valence electrons. The van der Waals surface area contributed by atoms with Crippen LogP contribution in [-0.4, -0.2) is 146 Å². The van der Waals surface area contributed by atoms with E-state index in [0.717, 1.165) is 23.0 Å². The molecule has 6 N–H and O–H groups in total. The Kier molecular flexibility index (Phi) is 15.8. The third kappa shape index (κ3) is 10.9. The molecule has 2 fully saturated rings. The van der Waals surface area contributed by atoms with Crippen LogP contribution in [0, 0.1) is 17.8 Å². The van der Waals surface area contributed by atoms with Crippen LogP contribution in [0.3, 0.4) is 0 Å². The van der Waals surface area contributed by atoms with E-state index in [1.54, 1.807) is 33.9 Å². The number of benzene rings is 1. The molecule has 0 unspecified atom stereocenters. The fourth-order valence-electron chi connectivity index (χ4n) is 8.65. The molecule has 2 saturated heterocycles. The first-order valence-corrected chi connectivity index (χ1v) is 20.3. The van der Waals surface area contributed by atoms with E-state index in [1.165, 1.54) is 13.8 Å². The number of aromatic nitrogens is 1. The predicted molar refractivity (Wildman–Crippen MR) is 214 cm³/mol. The van der Waals surface area contributed by atoms with Gasteiger partial charge in [-0.3, -0.25) is 9.78 Å². The summed E-state index contributed by atoms with van der Waals surface area (Å²) in [6.45, 7) is 15.6. The number of aliphatic hydroxyl groups excluding tert-OH is 3. The molecule has 2 aliphatic heterocycles. The van der Waals surface area contributed by atoms with Crippen molar-refractivity contribution in [1.82, 2.24) is 14.8 Å². The number of nitrogens with one attached hydrogen (secondary N) is 1. The fraction of sp³-hybridized carbons (Fsp3) is 0.756. The molecule has 0 amide bonds. The Morgan fingerprint density at radius 1 is 1.09 bits per heavy atom. The number of anilines is 1. The molecular weight excluding hydrogens is 728 g/mol. The van der Waals surface area contributed by atoms with Crippen LogP contribution < -0.4 is 5.32 Å². The Bertz CT molecular complexity index is 1550. The highest BCUT2D eigenvalue weighted by Gasteiger charge is 2.50. The van der Waals surface area contributed by atoms with E-state index in [1.807, 2.05) is 57.1 Å². The maximum Gasteiger partial charge on any atom is 0.311 e. The van der Waals surface area contributed by atoms with E-state index in [0.29, 0.717) is 31.1 Å². The molecule has 0 radical (unpaired) electrons. The summed E-state index contributed by atoms with van der Waals surface area (Å²) in [4.78, 5) is 22.0. The van der Waals surface area contributed by atoms with Crippen molar-refractivity contribution >= 4 is 34.2 Å². The van der Waals surface area contributed by atoms with Gasteiger partial charge in [-0.05, 0) is 111 Å². The smallest absolute Gasteiger partial charge is 0.311 e. The summed E-state index contributed by atoms with van der Waals surface area (Å²) in [5.74, 6) is -2.79. The molecule has 0 aliphatic carbocycles. The molecule has 0 spiro atoms. The molecule has 4 rings (SSSR count). The van der Waals surface area contributed by atoms with Crippen molar-refractivity contribution in [2.45, 2.75) is 147 Å². The number of ether oxygens (including phenoxy) is 3. The van der Waals surface area contributed by atoms with E-state index in [-0.39, 0.29) is 30.9 Å².